The molecule has 1 aromatic carbocycles. The molecule has 7 heteroatoms. The van der Waals surface area contributed by atoms with Gasteiger partial charge >= 0.3 is 6.03 Å². The molecule has 1 saturated heterocycles. The summed E-state index contributed by atoms with van der Waals surface area (Å²) >= 11 is 0. The van der Waals surface area contributed by atoms with E-state index >= 15 is 0 Å². The van der Waals surface area contributed by atoms with E-state index < -0.39 is 11.8 Å². The van der Waals surface area contributed by atoms with Crippen LogP contribution in [-0.4, -0.2) is 18.5 Å². The van der Waals surface area contributed by atoms with Crippen LogP contribution in [0.15, 0.2) is 18.2 Å². The van der Waals surface area contributed by atoms with Crippen LogP contribution in [0.3, 0.4) is 0 Å². The van der Waals surface area contributed by atoms with Crippen molar-refractivity contribution in [3.05, 3.63) is 24.0 Å². The van der Waals surface area contributed by atoms with E-state index in [9.17, 15) is 14.0 Å². The zero-order valence-electron chi connectivity index (χ0n) is 8.77. The van der Waals surface area contributed by atoms with E-state index in [1.807, 2.05) is 0 Å². The van der Waals surface area contributed by atoms with Crippen LogP contribution in [-0.2, 0) is 4.79 Å². The van der Waals surface area contributed by atoms with E-state index in [1.165, 1.54) is 17.0 Å². The van der Waals surface area contributed by atoms with Gasteiger partial charge in [0, 0.05) is 18.7 Å². The first-order chi connectivity index (χ1) is 7.58. The Labute approximate surface area is 103 Å². The van der Waals surface area contributed by atoms with Crippen molar-refractivity contribution in [2.45, 2.75) is 6.42 Å². The zero-order chi connectivity index (χ0) is 11.7. The van der Waals surface area contributed by atoms with Crippen LogP contribution in [0, 0.1) is 5.82 Å². The fourth-order valence-electron chi connectivity index (χ4n) is 1.54. The number of rotatable bonds is 1. The molecule has 1 aromatic rings. The maximum Gasteiger partial charge on any atom is 0.328 e. The second kappa shape index (κ2) is 5.01. The number of carbonyl (C=O) groups excluding carboxylic acids is 2. The van der Waals surface area contributed by atoms with Gasteiger partial charge in [-0.25, -0.2) is 9.18 Å². The van der Waals surface area contributed by atoms with Gasteiger partial charge in [-0.05, 0) is 18.2 Å². The molecule has 1 heterocycles. The van der Waals surface area contributed by atoms with Crippen molar-refractivity contribution in [2.24, 2.45) is 0 Å². The lowest BCUT2D eigenvalue weighted by atomic mass is 10.2. The number of carbonyl (C=O) groups is 2. The van der Waals surface area contributed by atoms with Gasteiger partial charge in [-0.2, -0.15) is 0 Å². The van der Waals surface area contributed by atoms with Crippen LogP contribution >= 0.6 is 12.4 Å². The summed E-state index contributed by atoms with van der Waals surface area (Å²) in [5, 5.41) is 2.12. The number of hydrogen-bond acceptors (Lipinski definition) is 3. The molecule has 5 nitrogen and oxygen atoms in total. The molecule has 3 amide bonds. The first-order valence-corrected chi connectivity index (χ1v) is 4.74. The second-order valence-corrected chi connectivity index (χ2v) is 3.47. The maximum atomic E-state index is 13.5. The monoisotopic (exact) mass is 259 g/mol. The molecule has 2 rings (SSSR count). The maximum absolute atomic E-state index is 13.5. The molecule has 1 aliphatic heterocycles. The van der Waals surface area contributed by atoms with Crippen LogP contribution in [0.2, 0.25) is 0 Å². The summed E-state index contributed by atoms with van der Waals surface area (Å²) in [6.07, 6.45) is 0.162. The smallest absolute Gasteiger partial charge is 0.328 e. The first kappa shape index (κ1) is 13.2. The number of anilines is 2. The van der Waals surface area contributed by atoms with Crippen molar-refractivity contribution < 1.29 is 14.0 Å². The van der Waals surface area contributed by atoms with Crippen molar-refractivity contribution in [1.29, 1.82) is 0 Å². The van der Waals surface area contributed by atoms with Gasteiger partial charge in [-0.1, -0.05) is 0 Å². The lowest BCUT2D eigenvalue weighted by Crippen LogP contribution is -2.49. The molecule has 1 aliphatic rings. The van der Waals surface area contributed by atoms with Gasteiger partial charge < -0.3 is 5.73 Å². The molecule has 0 aliphatic carbocycles. The average Bonchev–Trinajstić information content (AvgIpc) is 2.19. The minimum Gasteiger partial charge on any atom is -0.399 e. The number of nitrogens with two attached hydrogens (primary N) is 1. The van der Waals surface area contributed by atoms with Gasteiger partial charge in [-0.3, -0.25) is 15.0 Å². The molecule has 1 fully saturated rings. The Kier molecular flexibility index (Phi) is 3.90. The lowest BCUT2D eigenvalue weighted by molar-refractivity contribution is -0.120. The molecule has 3 N–H and O–H groups in total. The highest BCUT2D eigenvalue weighted by atomic mass is 35.5. The van der Waals surface area contributed by atoms with Crippen LogP contribution < -0.4 is 16.0 Å². The Morgan fingerprint density at radius 2 is 2.06 bits per heavy atom. The molecule has 0 atom stereocenters. The number of nitrogen functional groups attached to an aromatic ring is 1. The lowest BCUT2D eigenvalue weighted by Gasteiger charge is -2.26. The standard InChI is InChI=1S/C10H10FN3O2.ClH/c11-7-5-6(12)1-2-8(7)14-4-3-9(15)13-10(14)16;/h1-2,5H,3-4,12H2,(H,13,15,16);1H. The molecule has 0 bridgehead atoms. The number of hydrogen-bond donors (Lipinski definition) is 2. The predicted molar refractivity (Wildman–Crippen MR) is 63.6 cm³/mol. The van der Waals surface area contributed by atoms with Crippen LogP contribution in [0.25, 0.3) is 0 Å². The minimum atomic E-state index is -0.611. The first-order valence-electron chi connectivity index (χ1n) is 4.74. The van der Waals surface area contributed by atoms with E-state index in [4.69, 9.17) is 5.73 Å². The molecular weight excluding hydrogens is 249 g/mol. The summed E-state index contributed by atoms with van der Waals surface area (Å²) in [6.45, 7) is 0.172. The van der Waals surface area contributed by atoms with Gasteiger partial charge in [0.15, 0.2) is 0 Å². The summed E-state index contributed by atoms with van der Waals surface area (Å²) in [7, 11) is 0. The van der Waals surface area contributed by atoms with Crippen LogP contribution in [0.1, 0.15) is 6.42 Å². The van der Waals surface area contributed by atoms with E-state index in [0.29, 0.717) is 0 Å². The Bertz CT molecular complexity index is 467. The van der Waals surface area contributed by atoms with Gasteiger partial charge in [-0.15, -0.1) is 12.4 Å². The average molecular weight is 260 g/mol. The Morgan fingerprint density at radius 1 is 1.35 bits per heavy atom. The second-order valence-electron chi connectivity index (χ2n) is 3.47. The topological polar surface area (TPSA) is 75.4 Å². The highest BCUT2D eigenvalue weighted by Gasteiger charge is 2.25. The Balaban J connectivity index is 0.00000144. The van der Waals surface area contributed by atoms with Crippen molar-refractivity contribution >= 4 is 35.7 Å². The number of imide groups is 1. The largest absolute Gasteiger partial charge is 0.399 e. The number of urea groups is 1. The Hall–Kier alpha value is -1.82. The number of nitrogens with one attached hydrogen (secondary N) is 1. The normalized spacial score (nSPS) is 15.2. The highest BCUT2D eigenvalue weighted by Crippen LogP contribution is 2.23. The van der Waals surface area contributed by atoms with Crippen molar-refractivity contribution in [3.63, 3.8) is 0 Å². The molecule has 0 spiro atoms. The fourth-order valence-corrected chi connectivity index (χ4v) is 1.54. The predicted octanol–water partition coefficient (Wildman–Crippen LogP) is 1.28. The number of benzene rings is 1. The summed E-state index contributed by atoms with van der Waals surface area (Å²) in [6, 6.07) is 3.45. The van der Waals surface area contributed by atoms with Crippen LogP contribution in [0.4, 0.5) is 20.6 Å². The van der Waals surface area contributed by atoms with Crippen molar-refractivity contribution in [2.75, 3.05) is 17.2 Å². The highest BCUT2D eigenvalue weighted by molar-refractivity contribution is 6.05. The summed E-state index contributed by atoms with van der Waals surface area (Å²) in [4.78, 5) is 23.5. The summed E-state index contributed by atoms with van der Waals surface area (Å²) < 4.78 is 13.5. The summed E-state index contributed by atoms with van der Waals surface area (Å²) in [5.41, 5.74) is 5.81. The third kappa shape index (κ3) is 2.65. The number of nitrogens with zero attached hydrogens (tertiary/aromatic N) is 1. The molecular formula is C10H11ClFN3O2. The fraction of sp³-hybridized carbons (Fsp3) is 0.200. The number of amides is 3. The van der Waals surface area contributed by atoms with E-state index in [-0.39, 0.29) is 42.7 Å². The summed E-state index contributed by atoms with van der Waals surface area (Å²) in [5.74, 6) is -0.929. The third-order valence-corrected chi connectivity index (χ3v) is 2.32. The van der Waals surface area contributed by atoms with Gasteiger partial charge in [0.25, 0.3) is 0 Å². The van der Waals surface area contributed by atoms with E-state index in [2.05, 4.69) is 5.32 Å². The SMILES string of the molecule is Cl.Nc1ccc(N2CCC(=O)NC2=O)c(F)c1. The quantitative estimate of drug-likeness (QED) is 0.746. The molecule has 0 radical (unpaired) electrons. The molecule has 92 valence electrons. The molecule has 17 heavy (non-hydrogen) atoms. The van der Waals surface area contributed by atoms with Gasteiger partial charge in [0.2, 0.25) is 5.91 Å². The Morgan fingerprint density at radius 3 is 2.65 bits per heavy atom. The number of halogens is 2. The van der Waals surface area contributed by atoms with Gasteiger partial charge in [0.05, 0.1) is 5.69 Å². The van der Waals surface area contributed by atoms with E-state index in [1.54, 1.807) is 0 Å². The van der Waals surface area contributed by atoms with Crippen LogP contribution in [0.5, 0.6) is 0 Å². The van der Waals surface area contributed by atoms with Crippen molar-refractivity contribution in [1.82, 2.24) is 5.32 Å². The van der Waals surface area contributed by atoms with Crippen molar-refractivity contribution in [3.8, 4) is 0 Å². The minimum absolute atomic E-state index is 0. The van der Waals surface area contributed by atoms with E-state index in [0.717, 1.165) is 6.07 Å². The zero-order valence-corrected chi connectivity index (χ0v) is 9.59. The molecule has 0 unspecified atom stereocenters. The molecule has 0 aromatic heterocycles. The molecule has 0 saturated carbocycles. The van der Waals surface area contributed by atoms with Gasteiger partial charge in [0.1, 0.15) is 5.82 Å². The third-order valence-electron chi connectivity index (χ3n) is 2.32.